The van der Waals surface area contributed by atoms with E-state index in [2.05, 4.69) is 49.3 Å². The van der Waals surface area contributed by atoms with Gasteiger partial charge in [-0.2, -0.15) is 0 Å². The topological polar surface area (TPSA) is 34.1 Å². The zero-order chi connectivity index (χ0) is 14.9. The maximum atomic E-state index is 5.93. The van der Waals surface area contributed by atoms with Crippen LogP contribution in [0, 0.1) is 0 Å². The fourth-order valence-corrected chi connectivity index (χ4v) is 3.62. The van der Waals surface area contributed by atoms with Gasteiger partial charge in [0.15, 0.2) is 0 Å². The van der Waals surface area contributed by atoms with Gasteiger partial charge in [0.2, 0.25) is 0 Å². The molecule has 2 aromatic rings. The predicted molar refractivity (Wildman–Crippen MR) is 86.8 cm³/mol. The van der Waals surface area contributed by atoms with E-state index in [4.69, 9.17) is 4.74 Å². The molecule has 1 aliphatic rings. The molecule has 4 heteroatoms. The van der Waals surface area contributed by atoms with Crippen molar-refractivity contribution in [2.75, 3.05) is 0 Å². The zero-order valence-electron chi connectivity index (χ0n) is 12.8. The lowest BCUT2D eigenvalue weighted by Gasteiger charge is -2.16. The standard InChI is InChI=1S/C17H22N2OS/c1-4-14(16-18-7-8-21-16)19-11-12-5-6-15-13(9-12)10-17(2,3)20-15/h5-9,14,19H,4,10-11H2,1-3H3. The van der Waals surface area contributed by atoms with Gasteiger partial charge < -0.3 is 10.1 Å². The SMILES string of the molecule is CCC(NCc1ccc2c(c1)CC(C)(C)O2)c1nccs1. The average Bonchev–Trinajstić information content (AvgIpc) is 3.05. The van der Waals surface area contributed by atoms with Crippen molar-refractivity contribution in [2.24, 2.45) is 0 Å². The molecular weight excluding hydrogens is 280 g/mol. The molecule has 0 fully saturated rings. The zero-order valence-corrected chi connectivity index (χ0v) is 13.7. The molecule has 0 saturated carbocycles. The van der Waals surface area contributed by atoms with E-state index in [1.54, 1.807) is 11.3 Å². The van der Waals surface area contributed by atoms with Gasteiger partial charge >= 0.3 is 0 Å². The molecule has 112 valence electrons. The van der Waals surface area contributed by atoms with Crippen LogP contribution in [-0.2, 0) is 13.0 Å². The summed E-state index contributed by atoms with van der Waals surface area (Å²) in [5.74, 6) is 1.04. The summed E-state index contributed by atoms with van der Waals surface area (Å²) in [6.45, 7) is 7.34. The Morgan fingerprint density at radius 1 is 1.43 bits per heavy atom. The molecule has 2 heterocycles. The van der Waals surface area contributed by atoms with Crippen molar-refractivity contribution in [1.29, 1.82) is 0 Å². The average molecular weight is 302 g/mol. The number of nitrogens with one attached hydrogen (secondary N) is 1. The second-order valence-corrected chi connectivity index (χ2v) is 7.12. The molecule has 1 aromatic carbocycles. The predicted octanol–water partition coefficient (Wildman–Crippen LogP) is 4.10. The van der Waals surface area contributed by atoms with Crippen molar-refractivity contribution in [3.05, 3.63) is 45.9 Å². The van der Waals surface area contributed by atoms with Gasteiger partial charge in [-0.1, -0.05) is 19.1 Å². The van der Waals surface area contributed by atoms with Gasteiger partial charge in [-0.25, -0.2) is 4.98 Å². The summed E-state index contributed by atoms with van der Waals surface area (Å²) >= 11 is 1.72. The number of ether oxygens (including phenoxy) is 1. The van der Waals surface area contributed by atoms with E-state index in [0.717, 1.165) is 25.1 Å². The van der Waals surface area contributed by atoms with Gasteiger partial charge in [0.25, 0.3) is 0 Å². The lowest BCUT2D eigenvalue weighted by atomic mass is 10.00. The molecule has 0 amide bonds. The van der Waals surface area contributed by atoms with E-state index in [1.165, 1.54) is 16.1 Å². The first kappa shape index (κ1) is 14.5. The highest BCUT2D eigenvalue weighted by Crippen LogP contribution is 2.35. The second-order valence-electron chi connectivity index (χ2n) is 6.19. The summed E-state index contributed by atoms with van der Waals surface area (Å²) in [7, 11) is 0. The van der Waals surface area contributed by atoms with Crippen molar-refractivity contribution in [1.82, 2.24) is 10.3 Å². The monoisotopic (exact) mass is 302 g/mol. The van der Waals surface area contributed by atoms with Crippen LogP contribution in [0.1, 0.15) is 49.4 Å². The van der Waals surface area contributed by atoms with E-state index in [1.807, 2.05) is 11.6 Å². The van der Waals surface area contributed by atoms with Gasteiger partial charge in [-0.3, -0.25) is 0 Å². The van der Waals surface area contributed by atoms with Gasteiger partial charge in [0.05, 0.1) is 6.04 Å². The third-order valence-corrected chi connectivity index (χ3v) is 4.73. The minimum absolute atomic E-state index is 0.0682. The van der Waals surface area contributed by atoms with E-state index >= 15 is 0 Å². The maximum Gasteiger partial charge on any atom is 0.123 e. The first-order valence-electron chi connectivity index (χ1n) is 7.51. The van der Waals surface area contributed by atoms with Gasteiger partial charge in [-0.05, 0) is 37.5 Å². The van der Waals surface area contributed by atoms with Crippen LogP contribution < -0.4 is 10.1 Å². The summed E-state index contributed by atoms with van der Waals surface area (Å²) in [5, 5.41) is 6.81. The van der Waals surface area contributed by atoms with Crippen LogP contribution in [0.25, 0.3) is 0 Å². The summed E-state index contributed by atoms with van der Waals surface area (Å²) in [4.78, 5) is 4.41. The number of aromatic nitrogens is 1. The summed E-state index contributed by atoms with van der Waals surface area (Å²) < 4.78 is 5.93. The van der Waals surface area contributed by atoms with Gasteiger partial charge in [0, 0.05) is 24.5 Å². The molecule has 21 heavy (non-hydrogen) atoms. The fraction of sp³-hybridized carbons (Fsp3) is 0.471. The molecule has 0 aliphatic carbocycles. The number of thiazole rings is 1. The molecule has 0 radical (unpaired) electrons. The van der Waals surface area contributed by atoms with E-state index in [0.29, 0.717) is 6.04 Å². The summed E-state index contributed by atoms with van der Waals surface area (Å²) in [6, 6.07) is 6.87. The van der Waals surface area contributed by atoms with Crippen molar-refractivity contribution < 1.29 is 4.74 Å². The Morgan fingerprint density at radius 3 is 3.00 bits per heavy atom. The Hall–Kier alpha value is -1.39. The number of fused-ring (bicyclic) bond motifs is 1. The number of rotatable bonds is 5. The number of nitrogens with zero attached hydrogens (tertiary/aromatic N) is 1. The number of benzene rings is 1. The van der Waals surface area contributed by atoms with Crippen LogP contribution in [0.15, 0.2) is 29.8 Å². The Morgan fingerprint density at radius 2 is 2.29 bits per heavy atom. The van der Waals surface area contributed by atoms with Gasteiger partial charge in [-0.15, -0.1) is 11.3 Å². The Kier molecular flexibility index (Phi) is 4.00. The van der Waals surface area contributed by atoms with Crippen LogP contribution in [0.3, 0.4) is 0 Å². The fourth-order valence-electron chi connectivity index (χ4n) is 2.83. The maximum absolute atomic E-state index is 5.93. The van der Waals surface area contributed by atoms with Crippen molar-refractivity contribution >= 4 is 11.3 Å². The third kappa shape index (κ3) is 3.27. The molecule has 1 N–H and O–H groups in total. The normalized spacial score (nSPS) is 17.3. The molecule has 0 spiro atoms. The molecule has 3 rings (SSSR count). The molecule has 0 saturated heterocycles. The van der Waals surface area contributed by atoms with Crippen LogP contribution >= 0.6 is 11.3 Å². The first-order chi connectivity index (χ1) is 10.1. The lowest BCUT2D eigenvalue weighted by molar-refractivity contribution is 0.138. The largest absolute Gasteiger partial charge is 0.487 e. The van der Waals surface area contributed by atoms with Crippen LogP contribution in [0.5, 0.6) is 5.75 Å². The summed E-state index contributed by atoms with van der Waals surface area (Å²) in [5.41, 5.74) is 2.56. The molecule has 3 nitrogen and oxygen atoms in total. The van der Waals surface area contributed by atoms with E-state index in [9.17, 15) is 0 Å². The molecule has 1 aromatic heterocycles. The minimum Gasteiger partial charge on any atom is -0.487 e. The molecule has 0 bridgehead atoms. The van der Waals surface area contributed by atoms with Crippen molar-refractivity contribution in [2.45, 2.75) is 51.8 Å². The number of hydrogen-bond acceptors (Lipinski definition) is 4. The highest BCUT2D eigenvalue weighted by atomic mass is 32.1. The Labute approximate surface area is 130 Å². The number of hydrogen-bond donors (Lipinski definition) is 1. The third-order valence-electron chi connectivity index (χ3n) is 3.84. The van der Waals surface area contributed by atoms with Crippen molar-refractivity contribution in [3.8, 4) is 5.75 Å². The molecule has 1 unspecified atom stereocenters. The quantitative estimate of drug-likeness (QED) is 0.903. The highest BCUT2D eigenvalue weighted by molar-refractivity contribution is 7.09. The lowest BCUT2D eigenvalue weighted by Crippen LogP contribution is -2.24. The van der Waals surface area contributed by atoms with Crippen LogP contribution in [-0.4, -0.2) is 10.6 Å². The van der Waals surface area contributed by atoms with E-state index in [-0.39, 0.29) is 5.60 Å². The molecule has 1 atom stereocenters. The summed E-state index contributed by atoms with van der Waals surface area (Å²) in [6.07, 6.45) is 3.91. The second kappa shape index (κ2) is 5.78. The molecule has 1 aliphatic heterocycles. The van der Waals surface area contributed by atoms with E-state index < -0.39 is 0 Å². The minimum atomic E-state index is -0.0682. The Bertz CT molecular complexity index is 607. The Balaban J connectivity index is 1.67. The van der Waals surface area contributed by atoms with Crippen LogP contribution in [0.2, 0.25) is 0 Å². The van der Waals surface area contributed by atoms with Gasteiger partial charge in [0.1, 0.15) is 16.4 Å². The molecular formula is C17H22N2OS. The first-order valence-corrected chi connectivity index (χ1v) is 8.39. The van der Waals surface area contributed by atoms with Crippen LogP contribution in [0.4, 0.5) is 0 Å². The highest BCUT2D eigenvalue weighted by Gasteiger charge is 2.29. The van der Waals surface area contributed by atoms with Crippen molar-refractivity contribution in [3.63, 3.8) is 0 Å². The smallest absolute Gasteiger partial charge is 0.123 e.